The van der Waals surface area contributed by atoms with Crippen LogP contribution in [0.4, 0.5) is 0 Å². The molecule has 120 valence electrons. The van der Waals surface area contributed by atoms with Crippen molar-refractivity contribution in [2.75, 3.05) is 6.61 Å². The molecule has 7 heteroatoms. The van der Waals surface area contributed by atoms with Crippen molar-refractivity contribution in [3.63, 3.8) is 0 Å². The molecule has 23 heavy (non-hydrogen) atoms. The number of nitrogens with one attached hydrogen (secondary N) is 1. The van der Waals surface area contributed by atoms with Gasteiger partial charge in [-0.3, -0.25) is 4.98 Å². The van der Waals surface area contributed by atoms with Gasteiger partial charge in [0.1, 0.15) is 12.4 Å². The number of pyridine rings is 1. The van der Waals surface area contributed by atoms with E-state index in [2.05, 4.69) is 9.71 Å². The van der Waals surface area contributed by atoms with Crippen LogP contribution in [0.3, 0.4) is 0 Å². The lowest BCUT2D eigenvalue weighted by atomic mass is 10.1. The summed E-state index contributed by atoms with van der Waals surface area (Å²) in [6.45, 7) is 2.02. The Kier molecular flexibility index (Phi) is 4.61. The smallest absolute Gasteiger partial charge is 0.241 e. The monoisotopic (exact) mass is 348 g/mol. The number of hydrogen-bond acceptors (Lipinski definition) is 5. The Hall–Kier alpha value is -1.96. The molecule has 0 spiro atoms. The number of hydrogen-bond donors (Lipinski definition) is 1. The minimum atomic E-state index is -3.49. The molecular weight excluding hydrogens is 332 g/mol. The van der Waals surface area contributed by atoms with Crippen LogP contribution in [-0.2, 0) is 10.0 Å². The van der Waals surface area contributed by atoms with E-state index in [1.54, 1.807) is 36.1 Å². The maximum absolute atomic E-state index is 12.2. The van der Waals surface area contributed by atoms with Crippen molar-refractivity contribution < 1.29 is 13.2 Å². The molecule has 0 aliphatic rings. The third kappa shape index (κ3) is 3.69. The van der Waals surface area contributed by atoms with Crippen molar-refractivity contribution in [2.45, 2.75) is 17.9 Å². The van der Waals surface area contributed by atoms with E-state index in [0.717, 1.165) is 10.8 Å². The molecule has 1 atom stereocenters. The zero-order valence-electron chi connectivity index (χ0n) is 12.5. The van der Waals surface area contributed by atoms with Crippen molar-refractivity contribution in [1.29, 1.82) is 0 Å². The van der Waals surface area contributed by atoms with E-state index in [1.807, 2.05) is 24.3 Å². The molecular formula is C16H16N2O3S2. The Morgan fingerprint density at radius 2 is 2.17 bits per heavy atom. The lowest BCUT2D eigenvalue weighted by Gasteiger charge is -2.15. The molecule has 2 aromatic heterocycles. The van der Waals surface area contributed by atoms with Crippen molar-refractivity contribution in [3.05, 3.63) is 53.5 Å². The Bertz CT molecular complexity index is 887. The second-order valence-corrected chi connectivity index (χ2v) is 7.64. The van der Waals surface area contributed by atoms with Gasteiger partial charge in [0.05, 0.1) is 10.9 Å². The van der Waals surface area contributed by atoms with Gasteiger partial charge >= 0.3 is 0 Å². The first-order chi connectivity index (χ1) is 11.1. The van der Waals surface area contributed by atoms with Crippen molar-refractivity contribution >= 4 is 32.1 Å². The molecule has 3 aromatic rings. The van der Waals surface area contributed by atoms with Gasteiger partial charge in [-0.15, -0.1) is 0 Å². The van der Waals surface area contributed by atoms with E-state index in [0.29, 0.717) is 5.75 Å². The Morgan fingerprint density at radius 1 is 1.30 bits per heavy atom. The average Bonchev–Trinajstić information content (AvgIpc) is 3.08. The van der Waals surface area contributed by atoms with Crippen LogP contribution >= 0.6 is 11.3 Å². The lowest BCUT2D eigenvalue weighted by Crippen LogP contribution is -2.36. The molecule has 5 nitrogen and oxygen atoms in total. The van der Waals surface area contributed by atoms with Crippen LogP contribution in [-0.4, -0.2) is 26.1 Å². The molecule has 2 heterocycles. The highest BCUT2D eigenvalue weighted by Gasteiger charge is 2.18. The highest BCUT2D eigenvalue weighted by molar-refractivity contribution is 7.89. The van der Waals surface area contributed by atoms with Crippen LogP contribution in [0, 0.1) is 0 Å². The van der Waals surface area contributed by atoms with Gasteiger partial charge in [-0.05, 0) is 30.5 Å². The van der Waals surface area contributed by atoms with Crippen molar-refractivity contribution in [2.24, 2.45) is 0 Å². The number of nitrogens with zero attached hydrogens (tertiary/aromatic N) is 1. The summed E-state index contributed by atoms with van der Waals surface area (Å²) >= 11 is 1.35. The maximum atomic E-state index is 12.2. The van der Waals surface area contributed by atoms with Gasteiger partial charge in [0.25, 0.3) is 0 Å². The largest absolute Gasteiger partial charge is 0.491 e. The predicted molar refractivity (Wildman–Crippen MR) is 91.3 cm³/mol. The Labute approximate surface area is 139 Å². The van der Waals surface area contributed by atoms with E-state index in [4.69, 9.17) is 4.74 Å². The summed E-state index contributed by atoms with van der Waals surface area (Å²) < 4.78 is 32.7. The molecule has 0 aliphatic heterocycles. The molecule has 0 saturated carbocycles. The molecule has 0 aliphatic carbocycles. The van der Waals surface area contributed by atoms with Gasteiger partial charge in [-0.25, -0.2) is 13.1 Å². The molecule has 1 aromatic carbocycles. The average molecular weight is 348 g/mol. The third-order valence-corrected chi connectivity index (χ3v) is 5.71. The fourth-order valence-corrected chi connectivity index (χ4v) is 4.46. The zero-order chi connectivity index (χ0) is 16.3. The molecule has 1 unspecified atom stereocenters. The molecule has 3 rings (SSSR count). The predicted octanol–water partition coefficient (Wildman–Crippen LogP) is 3.04. The van der Waals surface area contributed by atoms with Gasteiger partial charge in [0.2, 0.25) is 10.0 Å². The van der Waals surface area contributed by atoms with Crippen LogP contribution in [0.1, 0.15) is 6.92 Å². The highest BCUT2D eigenvalue weighted by Crippen LogP contribution is 2.24. The summed E-state index contributed by atoms with van der Waals surface area (Å²) in [7, 11) is -3.49. The normalized spacial score (nSPS) is 13.1. The first kappa shape index (κ1) is 15.9. The standard InChI is InChI=1S/C16H16N2O3S2/c1-12(18-23(19,20)14-6-8-22-11-14)10-21-16-4-2-3-13-9-17-7-5-15(13)16/h2-9,11-12,18H,10H2,1H3. The minimum Gasteiger partial charge on any atom is -0.491 e. The number of fused-ring (bicyclic) bond motifs is 1. The van der Waals surface area contributed by atoms with Crippen molar-refractivity contribution in [3.8, 4) is 5.75 Å². The summed E-state index contributed by atoms with van der Waals surface area (Å²) in [5, 5.41) is 5.28. The fraction of sp³-hybridized carbons (Fsp3) is 0.188. The van der Waals surface area contributed by atoms with Crippen LogP contribution in [0.15, 0.2) is 58.4 Å². The summed E-state index contributed by atoms with van der Waals surface area (Å²) in [4.78, 5) is 4.36. The van der Waals surface area contributed by atoms with E-state index >= 15 is 0 Å². The molecule has 0 amide bonds. The molecule has 0 radical (unpaired) electrons. The van der Waals surface area contributed by atoms with E-state index in [-0.39, 0.29) is 17.5 Å². The number of sulfonamides is 1. The number of aromatic nitrogens is 1. The van der Waals surface area contributed by atoms with E-state index in [9.17, 15) is 8.42 Å². The first-order valence-electron chi connectivity index (χ1n) is 7.06. The fourth-order valence-electron chi connectivity index (χ4n) is 2.21. The van der Waals surface area contributed by atoms with Crippen LogP contribution in [0.5, 0.6) is 5.75 Å². The lowest BCUT2D eigenvalue weighted by molar-refractivity contribution is 0.290. The summed E-state index contributed by atoms with van der Waals surface area (Å²) in [5.41, 5.74) is 0. The van der Waals surface area contributed by atoms with Gasteiger partial charge in [0.15, 0.2) is 0 Å². The van der Waals surface area contributed by atoms with E-state index < -0.39 is 10.0 Å². The zero-order valence-corrected chi connectivity index (χ0v) is 14.1. The third-order valence-electron chi connectivity index (χ3n) is 3.29. The van der Waals surface area contributed by atoms with Crippen LogP contribution in [0.25, 0.3) is 10.8 Å². The molecule has 0 saturated heterocycles. The van der Waals surface area contributed by atoms with Crippen molar-refractivity contribution in [1.82, 2.24) is 9.71 Å². The first-order valence-corrected chi connectivity index (χ1v) is 9.49. The molecule has 0 fully saturated rings. The molecule has 1 N–H and O–H groups in total. The number of rotatable bonds is 6. The summed E-state index contributed by atoms with van der Waals surface area (Å²) in [5.74, 6) is 0.714. The second-order valence-electron chi connectivity index (χ2n) is 5.15. The van der Waals surface area contributed by atoms with E-state index in [1.165, 1.54) is 11.3 Å². The van der Waals surface area contributed by atoms with Crippen LogP contribution in [0.2, 0.25) is 0 Å². The Balaban J connectivity index is 1.68. The van der Waals surface area contributed by atoms with Gasteiger partial charge in [0, 0.05) is 28.5 Å². The summed E-state index contributed by atoms with van der Waals surface area (Å²) in [6.07, 6.45) is 3.48. The number of thiophene rings is 1. The van der Waals surface area contributed by atoms with Crippen LogP contribution < -0.4 is 9.46 Å². The maximum Gasteiger partial charge on any atom is 0.241 e. The quantitative estimate of drug-likeness (QED) is 0.743. The van der Waals surface area contributed by atoms with Gasteiger partial charge in [-0.1, -0.05) is 12.1 Å². The number of ether oxygens (including phenoxy) is 1. The topological polar surface area (TPSA) is 68.3 Å². The number of benzene rings is 1. The highest BCUT2D eigenvalue weighted by atomic mass is 32.2. The second kappa shape index (κ2) is 6.66. The van der Waals surface area contributed by atoms with Gasteiger partial charge in [-0.2, -0.15) is 11.3 Å². The summed E-state index contributed by atoms with van der Waals surface area (Å²) in [6, 6.07) is 8.82. The molecule has 0 bridgehead atoms. The Morgan fingerprint density at radius 3 is 2.96 bits per heavy atom. The van der Waals surface area contributed by atoms with Gasteiger partial charge < -0.3 is 4.74 Å². The minimum absolute atomic E-state index is 0.241. The SMILES string of the molecule is CC(COc1cccc2cnccc12)NS(=O)(=O)c1ccsc1.